The summed E-state index contributed by atoms with van der Waals surface area (Å²) in [6.07, 6.45) is 31.8. The van der Waals surface area contributed by atoms with Crippen molar-refractivity contribution in [3.63, 3.8) is 0 Å². The summed E-state index contributed by atoms with van der Waals surface area (Å²) in [7, 11) is 3.36. The highest BCUT2D eigenvalue weighted by molar-refractivity contribution is 7.47. The number of phosphoric ester groups is 1. The molecule has 0 aromatic heterocycles. The molecule has 244 valence electrons. The van der Waals surface area contributed by atoms with Crippen LogP contribution in [0.15, 0.2) is 24.3 Å². The Hall–Kier alpha value is -0.530. The van der Waals surface area contributed by atoms with Crippen LogP contribution in [-0.2, 0) is 23.1 Å². The Labute approximate surface area is 254 Å². The van der Waals surface area contributed by atoms with Crippen molar-refractivity contribution < 1.29 is 32.5 Å². The van der Waals surface area contributed by atoms with Crippen LogP contribution in [0.4, 0.5) is 0 Å². The van der Waals surface area contributed by atoms with E-state index in [0.717, 1.165) is 25.7 Å². The Morgan fingerprint density at radius 3 is 1.61 bits per heavy atom. The molecule has 1 unspecified atom stereocenters. The van der Waals surface area contributed by atoms with Gasteiger partial charge in [-0.2, -0.15) is 0 Å². The molecule has 0 saturated heterocycles. The maximum atomic E-state index is 12.2. The Morgan fingerprint density at radius 2 is 1.15 bits per heavy atom. The molecule has 0 spiro atoms. The molecule has 0 aliphatic carbocycles. The number of allylic oxidation sites excluding steroid dienone is 4. The maximum absolute atomic E-state index is 12.2. The van der Waals surface area contributed by atoms with Crippen LogP contribution in [0.1, 0.15) is 122 Å². The predicted molar refractivity (Wildman–Crippen MR) is 173 cm³/mol. The van der Waals surface area contributed by atoms with Gasteiger partial charge < -0.3 is 18.9 Å². The number of hydrogen-bond acceptors (Lipinski definition) is 5. The van der Waals surface area contributed by atoms with Crippen LogP contribution in [-0.4, -0.2) is 76.7 Å². The molecule has 0 aliphatic heterocycles. The minimum absolute atomic E-state index is 0.143. The fourth-order valence-electron chi connectivity index (χ4n) is 4.37. The molecule has 41 heavy (non-hydrogen) atoms. The Kier molecular flexibility index (Phi) is 27.9. The summed E-state index contributed by atoms with van der Waals surface area (Å²) in [5, 5.41) is 0. The van der Waals surface area contributed by atoms with E-state index in [-0.39, 0.29) is 19.8 Å². The summed E-state index contributed by atoms with van der Waals surface area (Å²) in [6.45, 7) is 3.98. The monoisotopic (exact) mass is 604 g/mol. The van der Waals surface area contributed by atoms with Gasteiger partial charge in [-0.1, -0.05) is 89.0 Å². The molecule has 0 aliphatic rings. The van der Waals surface area contributed by atoms with E-state index in [1.165, 1.54) is 97.0 Å². The summed E-state index contributed by atoms with van der Waals surface area (Å²) in [6, 6.07) is 0. The zero-order chi connectivity index (χ0) is 30.5. The number of phosphoric acid groups is 1. The Bertz CT molecular complexity index is 665. The second kappa shape index (κ2) is 28.3. The van der Waals surface area contributed by atoms with E-state index in [0.29, 0.717) is 17.6 Å². The fourth-order valence-corrected chi connectivity index (χ4v) is 5.24. The normalized spacial score (nSPS) is 14.8. The van der Waals surface area contributed by atoms with Gasteiger partial charge in [-0.15, -0.1) is 0 Å². The number of ether oxygens (including phenoxy) is 2. The zero-order valence-electron chi connectivity index (χ0n) is 27.5. The van der Waals surface area contributed by atoms with Gasteiger partial charge in [-0.05, 0) is 57.8 Å². The molecule has 7 nitrogen and oxygen atoms in total. The van der Waals surface area contributed by atoms with E-state index in [4.69, 9.17) is 18.5 Å². The molecule has 0 fully saturated rings. The zero-order valence-corrected chi connectivity index (χ0v) is 28.4. The Balaban J connectivity index is 3.57. The fraction of sp³-hybridized carbons (Fsp3) is 0.879. The van der Waals surface area contributed by atoms with Crippen molar-refractivity contribution in [3.8, 4) is 0 Å². The second-order valence-electron chi connectivity index (χ2n) is 12.3. The minimum Gasteiger partial charge on any atom is -0.382 e. The Morgan fingerprint density at radius 1 is 0.683 bits per heavy atom. The molecule has 8 heteroatoms. The average molecular weight is 605 g/mol. The number of quaternary nitrogens is 1. The lowest BCUT2D eigenvalue weighted by Gasteiger charge is -2.25. The van der Waals surface area contributed by atoms with E-state index in [9.17, 15) is 9.46 Å². The van der Waals surface area contributed by atoms with Gasteiger partial charge in [0.1, 0.15) is 19.3 Å². The summed E-state index contributed by atoms with van der Waals surface area (Å²) in [5.74, 6) is 0. The topological polar surface area (TPSA) is 74.2 Å². The van der Waals surface area contributed by atoms with E-state index in [1.807, 2.05) is 21.1 Å². The number of unbranched alkanes of at least 4 members (excludes halogenated alkanes) is 15. The summed E-state index contributed by atoms with van der Waals surface area (Å²) >= 11 is 0. The standard InChI is InChI=1S/C33H66NO6P/c1-6-7-8-9-10-11-12-13-14-15-16-17-18-19-20-21-22-23-24-25-26-27-29-38-32-33(31-37-5)40-41(35,36)39-30-28-34(2,3)4/h10-11,22-23,33H,6-9,12-21,24-32H2,1-5H3/p+1/b11-10-,23-22-/t33-/m0/s1. The third kappa shape index (κ3) is 32.2. The van der Waals surface area contributed by atoms with Gasteiger partial charge in [0.05, 0.1) is 34.4 Å². The van der Waals surface area contributed by atoms with Crippen LogP contribution < -0.4 is 0 Å². The molecular weight excluding hydrogens is 537 g/mol. The lowest BCUT2D eigenvalue weighted by Crippen LogP contribution is -2.37. The van der Waals surface area contributed by atoms with Gasteiger partial charge in [0.15, 0.2) is 0 Å². The minimum atomic E-state index is -4.14. The van der Waals surface area contributed by atoms with Crippen LogP contribution >= 0.6 is 7.82 Å². The summed E-state index contributed by atoms with van der Waals surface area (Å²) in [5.41, 5.74) is 0. The third-order valence-electron chi connectivity index (χ3n) is 6.91. The van der Waals surface area contributed by atoms with Crippen LogP contribution in [0.3, 0.4) is 0 Å². The average Bonchev–Trinajstić information content (AvgIpc) is 2.90. The van der Waals surface area contributed by atoms with Gasteiger partial charge in [0.2, 0.25) is 0 Å². The molecule has 0 heterocycles. The molecule has 2 atom stereocenters. The SMILES string of the molecule is CCCCC/C=C\CCCCCCCCCC/C=C\CCCCCOC[C@H](COC)OP(=O)(O)OCC[N+](C)(C)C. The lowest BCUT2D eigenvalue weighted by atomic mass is 10.1. The molecular formula is C33H67NO6P+. The predicted octanol–water partition coefficient (Wildman–Crippen LogP) is 9.01. The molecule has 0 bridgehead atoms. The van der Waals surface area contributed by atoms with Gasteiger partial charge in [0, 0.05) is 13.7 Å². The third-order valence-corrected chi connectivity index (χ3v) is 7.99. The number of methoxy groups -OCH3 is 1. The number of likely N-dealkylation sites (N-methyl/N-ethyl adjacent to an activating group) is 1. The van der Waals surface area contributed by atoms with Gasteiger partial charge in [-0.25, -0.2) is 4.57 Å². The van der Waals surface area contributed by atoms with Crippen molar-refractivity contribution in [1.29, 1.82) is 0 Å². The van der Waals surface area contributed by atoms with Crippen LogP contribution in [0.25, 0.3) is 0 Å². The quantitative estimate of drug-likeness (QED) is 0.0368. The largest absolute Gasteiger partial charge is 0.472 e. The second-order valence-corrected chi connectivity index (χ2v) is 13.7. The number of hydrogen-bond donors (Lipinski definition) is 1. The van der Waals surface area contributed by atoms with Gasteiger partial charge in [0.25, 0.3) is 0 Å². The first-order valence-electron chi connectivity index (χ1n) is 16.5. The molecule has 1 N–H and O–H groups in total. The van der Waals surface area contributed by atoms with Crippen LogP contribution in [0.2, 0.25) is 0 Å². The highest BCUT2D eigenvalue weighted by Gasteiger charge is 2.27. The van der Waals surface area contributed by atoms with E-state index < -0.39 is 13.9 Å². The first-order valence-corrected chi connectivity index (χ1v) is 18.0. The first kappa shape index (κ1) is 40.5. The van der Waals surface area contributed by atoms with Crippen molar-refractivity contribution >= 4 is 7.82 Å². The van der Waals surface area contributed by atoms with E-state index in [2.05, 4.69) is 31.2 Å². The first-order chi connectivity index (χ1) is 19.7. The summed E-state index contributed by atoms with van der Waals surface area (Å²) in [4.78, 5) is 9.98. The van der Waals surface area contributed by atoms with Crippen molar-refractivity contribution in [2.24, 2.45) is 0 Å². The van der Waals surface area contributed by atoms with Gasteiger partial charge in [-0.3, -0.25) is 9.05 Å². The van der Waals surface area contributed by atoms with E-state index in [1.54, 1.807) is 0 Å². The molecule has 0 aromatic rings. The van der Waals surface area contributed by atoms with E-state index >= 15 is 0 Å². The summed E-state index contributed by atoms with van der Waals surface area (Å²) < 4.78 is 34.0. The molecule has 0 saturated carbocycles. The lowest BCUT2D eigenvalue weighted by molar-refractivity contribution is -0.870. The maximum Gasteiger partial charge on any atom is 0.472 e. The smallest absolute Gasteiger partial charge is 0.382 e. The highest BCUT2D eigenvalue weighted by Crippen LogP contribution is 2.44. The molecule has 0 rings (SSSR count). The van der Waals surface area contributed by atoms with Crippen LogP contribution in [0, 0.1) is 0 Å². The van der Waals surface area contributed by atoms with Crippen LogP contribution in [0.5, 0.6) is 0 Å². The van der Waals surface area contributed by atoms with Gasteiger partial charge >= 0.3 is 7.82 Å². The van der Waals surface area contributed by atoms with Crippen molar-refractivity contribution in [2.45, 2.75) is 129 Å². The molecule has 0 radical (unpaired) electrons. The number of rotatable bonds is 31. The van der Waals surface area contributed by atoms with Crippen molar-refractivity contribution in [3.05, 3.63) is 24.3 Å². The van der Waals surface area contributed by atoms with Crippen molar-refractivity contribution in [2.75, 3.05) is 61.2 Å². The molecule has 0 aromatic carbocycles. The highest BCUT2D eigenvalue weighted by atomic mass is 31.2. The molecule has 0 amide bonds. The van der Waals surface area contributed by atoms with Crippen molar-refractivity contribution in [1.82, 2.24) is 0 Å². The number of nitrogens with zero attached hydrogens (tertiary/aromatic N) is 1.